The van der Waals surface area contributed by atoms with Crippen molar-refractivity contribution in [1.29, 1.82) is 5.26 Å². The number of anilines is 1. The van der Waals surface area contributed by atoms with Crippen LogP contribution in [-0.2, 0) is 0 Å². The van der Waals surface area contributed by atoms with Crippen LogP contribution in [0.25, 0.3) is 0 Å². The molecule has 0 bridgehead atoms. The summed E-state index contributed by atoms with van der Waals surface area (Å²) < 4.78 is 14.0. The molecule has 0 heterocycles. The van der Waals surface area contributed by atoms with Gasteiger partial charge in [0.05, 0.1) is 15.7 Å². The number of hydrogen-bond donors (Lipinski definition) is 1. The highest BCUT2D eigenvalue weighted by Gasteiger charge is 2.32. The van der Waals surface area contributed by atoms with E-state index in [1.165, 1.54) is 6.42 Å². The van der Waals surface area contributed by atoms with Crippen molar-refractivity contribution in [2.45, 2.75) is 13.3 Å². The number of nitrogens with zero attached hydrogens (tertiary/aromatic N) is 1. The zero-order valence-electron chi connectivity index (χ0n) is 8.93. The minimum absolute atomic E-state index is 0.240. The maximum Gasteiger partial charge on any atom is 0.161 e. The summed E-state index contributed by atoms with van der Waals surface area (Å²) >= 11 is 3.09. The van der Waals surface area contributed by atoms with E-state index in [4.69, 9.17) is 5.26 Å². The van der Waals surface area contributed by atoms with E-state index in [0.717, 1.165) is 12.5 Å². The highest BCUT2D eigenvalue weighted by Crippen LogP contribution is 2.38. The van der Waals surface area contributed by atoms with Crippen LogP contribution in [0.2, 0.25) is 0 Å². The van der Waals surface area contributed by atoms with Gasteiger partial charge in [-0.1, -0.05) is 6.92 Å². The van der Waals surface area contributed by atoms with E-state index in [0.29, 0.717) is 17.2 Å². The maximum atomic E-state index is 13.8. The predicted octanol–water partition coefficient (Wildman–Crippen LogP) is 3.53. The van der Waals surface area contributed by atoms with E-state index >= 15 is 0 Å². The second-order valence-corrected chi connectivity index (χ2v) is 5.05. The Morgan fingerprint density at radius 2 is 2.31 bits per heavy atom. The quantitative estimate of drug-likeness (QED) is 0.921. The topological polar surface area (TPSA) is 35.8 Å². The van der Waals surface area contributed by atoms with Gasteiger partial charge in [-0.2, -0.15) is 5.26 Å². The molecule has 0 radical (unpaired) electrons. The van der Waals surface area contributed by atoms with Gasteiger partial charge in [0.1, 0.15) is 6.07 Å². The van der Waals surface area contributed by atoms with Crippen molar-refractivity contribution in [3.63, 3.8) is 0 Å². The van der Waals surface area contributed by atoms with Gasteiger partial charge in [-0.05, 0) is 46.3 Å². The summed E-state index contributed by atoms with van der Waals surface area (Å²) in [6.45, 7) is 2.99. The van der Waals surface area contributed by atoms with E-state index < -0.39 is 0 Å². The van der Waals surface area contributed by atoms with Gasteiger partial charge >= 0.3 is 0 Å². The van der Waals surface area contributed by atoms with Crippen LogP contribution in [0.3, 0.4) is 0 Å². The normalized spacial score (nSPS) is 22.6. The molecule has 1 N–H and O–H groups in total. The molecule has 84 valence electrons. The van der Waals surface area contributed by atoms with Crippen molar-refractivity contribution in [3.8, 4) is 6.07 Å². The van der Waals surface area contributed by atoms with Crippen molar-refractivity contribution >= 4 is 21.6 Å². The Balaban J connectivity index is 2.10. The average Bonchev–Trinajstić information content (AvgIpc) is 2.97. The first-order valence-electron chi connectivity index (χ1n) is 5.25. The monoisotopic (exact) mass is 282 g/mol. The summed E-state index contributed by atoms with van der Waals surface area (Å²) in [4.78, 5) is 0. The van der Waals surface area contributed by atoms with Crippen LogP contribution in [0, 0.1) is 29.0 Å². The number of hydrogen-bond acceptors (Lipinski definition) is 2. The largest absolute Gasteiger partial charge is 0.382 e. The third-order valence-corrected chi connectivity index (χ3v) is 3.81. The Morgan fingerprint density at radius 1 is 1.62 bits per heavy atom. The second-order valence-electron chi connectivity index (χ2n) is 4.25. The lowest BCUT2D eigenvalue weighted by Gasteiger charge is -2.08. The Bertz CT molecular complexity index is 453. The van der Waals surface area contributed by atoms with Crippen LogP contribution < -0.4 is 5.32 Å². The van der Waals surface area contributed by atoms with Gasteiger partial charge in [0, 0.05) is 6.54 Å². The van der Waals surface area contributed by atoms with Crippen molar-refractivity contribution in [3.05, 3.63) is 28.0 Å². The smallest absolute Gasteiger partial charge is 0.161 e. The van der Waals surface area contributed by atoms with Gasteiger partial charge in [0.15, 0.2) is 5.82 Å². The molecular formula is C12H12BrFN2. The third-order valence-electron chi connectivity index (χ3n) is 3.03. The number of halogens is 2. The molecule has 0 aliphatic heterocycles. The molecule has 2 atom stereocenters. The van der Waals surface area contributed by atoms with Crippen LogP contribution >= 0.6 is 15.9 Å². The summed E-state index contributed by atoms with van der Waals surface area (Å²) in [5.41, 5.74) is 0.785. The lowest BCUT2D eigenvalue weighted by molar-refractivity contribution is 0.621. The zero-order chi connectivity index (χ0) is 11.7. The number of nitriles is 1. The molecule has 4 heteroatoms. The molecule has 1 aromatic rings. The maximum absolute atomic E-state index is 13.8. The molecule has 2 rings (SSSR count). The van der Waals surface area contributed by atoms with Gasteiger partial charge in [-0.25, -0.2) is 4.39 Å². The van der Waals surface area contributed by atoms with Crippen LogP contribution in [0.4, 0.5) is 10.1 Å². The molecule has 0 spiro atoms. The fourth-order valence-corrected chi connectivity index (χ4v) is 2.13. The van der Waals surface area contributed by atoms with Crippen molar-refractivity contribution in [1.82, 2.24) is 0 Å². The van der Waals surface area contributed by atoms with Crippen molar-refractivity contribution in [2.75, 3.05) is 11.9 Å². The lowest BCUT2D eigenvalue weighted by atomic mass is 10.2. The molecule has 1 aliphatic rings. The molecule has 16 heavy (non-hydrogen) atoms. The van der Waals surface area contributed by atoms with Gasteiger partial charge in [0.25, 0.3) is 0 Å². The fraction of sp³-hybridized carbons (Fsp3) is 0.417. The predicted molar refractivity (Wildman–Crippen MR) is 64.6 cm³/mol. The van der Waals surface area contributed by atoms with E-state index in [2.05, 4.69) is 28.2 Å². The number of benzene rings is 1. The van der Waals surface area contributed by atoms with Crippen LogP contribution in [0.5, 0.6) is 0 Å². The molecule has 0 aromatic heterocycles. The van der Waals surface area contributed by atoms with Crippen molar-refractivity contribution < 1.29 is 4.39 Å². The van der Waals surface area contributed by atoms with Crippen LogP contribution in [0.15, 0.2) is 16.6 Å². The number of nitrogens with one attached hydrogen (secondary N) is 1. The molecule has 2 unspecified atom stereocenters. The molecule has 2 nitrogen and oxygen atoms in total. The summed E-state index contributed by atoms with van der Waals surface area (Å²) in [5, 5.41) is 11.8. The first-order valence-corrected chi connectivity index (χ1v) is 6.04. The Kier molecular flexibility index (Phi) is 3.15. The highest BCUT2D eigenvalue weighted by atomic mass is 79.9. The SMILES string of the molecule is CC1CC1CNc1ccc(C#N)c(Br)c1F. The van der Waals surface area contributed by atoms with Crippen LogP contribution in [0.1, 0.15) is 18.9 Å². The molecule has 0 saturated heterocycles. The molecule has 0 amide bonds. The van der Waals surface area contributed by atoms with Gasteiger partial charge < -0.3 is 5.32 Å². The fourth-order valence-electron chi connectivity index (χ4n) is 1.70. The van der Waals surface area contributed by atoms with Gasteiger partial charge in [0.2, 0.25) is 0 Å². The molecule has 1 fully saturated rings. The minimum Gasteiger partial charge on any atom is -0.382 e. The first kappa shape index (κ1) is 11.4. The Labute approximate surface area is 103 Å². The van der Waals surface area contributed by atoms with E-state index in [1.54, 1.807) is 12.1 Å². The zero-order valence-corrected chi connectivity index (χ0v) is 10.5. The van der Waals surface area contributed by atoms with Gasteiger partial charge in [-0.3, -0.25) is 0 Å². The summed E-state index contributed by atoms with van der Waals surface area (Å²) in [7, 11) is 0. The lowest BCUT2D eigenvalue weighted by Crippen LogP contribution is -2.06. The second kappa shape index (κ2) is 4.42. The molecular weight excluding hydrogens is 271 g/mol. The van der Waals surface area contributed by atoms with Crippen molar-refractivity contribution in [2.24, 2.45) is 11.8 Å². The molecule has 1 aromatic carbocycles. The molecule has 1 saturated carbocycles. The standard InChI is InChI=1S/C12H12BrFN2/c1-7-4-9(7)6-16-10-3-2-8(5-15)11(13)12(10)14/h2-3,7,9,16H,4,6H2,1H3. The molecule has 1 aliphatic carbocycles. The van der Waals surface area contributed by atoms with Gasteiger partial charge in [-0.15, -0.1) is 0 Å². The highest BCUT2D eigenvalue weighted by molar-refractivity contribution is 9.10. The van der Waals surface area contributed by atoms with E-state index in [9.17, 15) is 4.39 Å². The Morgan fingerprint density at radius 3 is 2.88 bits per heavy atom. The average molecular weight is 283 g/mol. The van der Waals surface area contributed by atoms with E-state index in [-0.39, 0.29) is 10.3 Å². The third kappa shape index (κ3) is 2.19. The summed E-state index contributed by atoms with van der Waals surface area (Å²) in [6, 6.07) is 5.17. The summed E-state index contributed by atoms with van der Waals surface area (Å²) in [5.74, 6) is 1.03. The summed E-state index contributed by atoms with van der Waals surface area (Å²) in [6.07, 6.45) is 1.21. The first-order chi connectivity index (χ1) is 7.63. The Hall–Kier alpha value is -1.08. The van der Waals surface area contributed by atoms with Crippen LogP contribution in [-0.4, -0.2) is 6.54 Å². The number of rotatable bonds is 3. The minimum atomic E-state index is -0.382. The van der Waals surface area contributed by atoms with E-state index in [1.807, 2.05) is 6.07 Å².